The molecule has 0 bridgehead atoms. The van der Waals surface area contributed by atoms with Gasteiger partial charge in [0.15, 0.2) is 0 Å². The van der Waals surface area contributed by atoms with Crippen molar-refractivity contribution in [1.82, 2.24) is 19.6 Å². The lowest BCUT2D eigenvalue weighted by molar-refractivity contribution is 0.198. The van der Waals surface area contributed by atoms with E-state index in [1.165, 1.54) is 22.3 Å². The summed E-state index contributed by atoms with van der Waals surface area (Å²) in [4.78, 5) is 9.86. The number of rotatable bonds is 8. The highest BCUT2D eigenvalue weighted by molar-refractivity contribution is 5.27. The predicted octanol–water partition coefficient (Wildman–Crippen LogP) is 7.92. The van der Waals surface area contributed by atoms with E-state index in [0.29, 0.717) is 13.1 Å². The molecule has 0 spiro atoms. The zero-order valence-electron chi connectivity index (χ0n) is 31.5. The first-order chi connectivity index (χ1) is 26.8. The van der Waals surface area contributed by atoms with Crippen molar-refractivity contribution in [2.75, 3.05) is 52.4 Å². The second-order valence-corrected chi connectivity index (χ2v) is 13.4. The summed E-state index contributed by atoms with van der Waals surface area (Å²) in [6.07, 6.45) is 9.14. The van der Waals surface area contributed by atoms with Gasteiger partial charge >= 0.3 is 0 Å². The van der Waals surface area contributed by atoms with Crippen molar-refractivity contribution in [2.24, 2.45) is 0 Å². The Morgan fingerprint density at radius 2 is 0.593 bits per heavy atom. The Morgan fingerprint density at radius 1 is 0.315 bits per heavy atom. The van der Waals surface area contributed by atoms with Crippen LogP contribution in [0.15, 0.2) is 146 Å². The molecule has 0 saturated heterocycles. The van der Waals surface area contributed by atoms with E-state index in [1.54, 1.807) is 0 Å². The lowest BCUT2D eigenvalue weighted by Crippen LogP contribution is -2.35. The highest BCUT2D eigenvalue weighted by Crippen LogP contribution is 2.10. The molecule has 0 N–H and O–H groups in total. The van der Waals surface area contributed by atoms with Gasteiger partial charge in [-0.05, 0) is 46.6 Å². The molecule has 0 aromatic heterocycles. The average Bonchev–Trinajstić information content (AvgIpc) is 3.21. The highest BCUT2D eigenvalue weighted by Gasteiger charge is 2.12. The van der Waals surface area contributed by atoms with Crippen molar-refractivity contribution in [3.63, 3.8) is 0 Å². The Labute approximate surface area is 325 Å². The minimum absolute atomic E-state index is 0.675. The van der Waals surface area contributed by atoms with E-state index in [-0.39, 0.29) is 0 Å². The van der Waals surface area contributed by atoms with Gasteiger partial charge in [-0.1, -0.05) is 169 Å². The molecule has 0 fully saturated rings. The standard InChI is InChI=1S/C50H52N4/c1-3-7-23-35-51(43-47-27-15-11-16-28-47)39-41-53(45-49-31-19-13-20-32-49)37-25-9-5-2-6-10-26-38-54(46-50-33-21-14-22-34-50)42-40-52(36-24-8-4-1)44-48-29-17-12-18-30-48/h1-3,5,11-22,27-34H,24,26,35-46H2/b3-1+,5-2+. The topological polar surface area (TPSA) is 13.0 Å². The second kappa shape index (κ2) is 24.6. The molecule has 1 heterocycles. The Hall–Kier alpha value is -5.56. The maximum absolute atomic E-state index is 3.38. The van der Waals surface area contributed by atoms with Crippen LogP contribution in [-0.4, -0.2) is 72.0 Å². The average molecular weight is 709 g/mol. The third-order valence-electron chi connectivity index (χ3n) is 9.08. The Bertz CT molecular complexity index is 1810. The number of benzene rings is 4. The van der Waals surface area contributed by atoms with E-state index in [1.807, 2.05) is 24.3 Å². The molecule has 1 aliphatic rings. The molecule has 0 amide bonds. The fourth-order valence-corrected chi connectivity index (χ4v) is 6.19. The molecular formula is C50H52N4. The Morgan fingerprint density at radius 3 is 0.926 bits per heavy atom. The molecule has 0 atom stereocenters. The number of allylic oxidation sites excluding steroid dienone is 4. The maximum atomic E-state index is 3.38. The number of hydrogen-bond donors (Lipinski definition) is 0. The third-order valence-corrected chi connectivity index (χ3v) is 9.08. The Kier molecular flexibility index (Phi) is 18.1. The molecule has 0 aliphatic carbocycles. The fraction of sp³-hybridized carbons (Fsp3) is 0.280. The number of hydrogen-bond acceptors (Lipinski definition) is 4. The molecule has 272 valence electrons. The summed E-state index contributed by atoms with van der Waals surface area (Å²) in [7, 11) is 0. The molecule has 0 saturated carbocycles. The van der Waals surface area contributed by atoms with Crippen molar-refractivity contribution < 1.29 is 0 Å². The second-order valence-electron chi connectivity index (χ2n) is 13.4. The van der Waals surface area contributed by atoms with Crippen LogP contribution in [0.1, 0.15) is 35.1 Å². The summed E-state index contributed by atoms with van der Waals surface area (Å²) in [5.74, 6) is 26.4. The van der Waals surface area contributed by atoms with Crippen LogP contribution in [0.25, 0.3) is 0 Å². The first kappa shape index (κ1) is 39.6. The lowest BCUT2D eigenvalue weighted by Gasteiger charge is -2.27. The van der Waals surface area contributed by atoms with E-state index >= 15 is 0 Å². The van der Waals surface area contributed by atoms with Crippen molar-refractivity contribution in [1.29, 1.82) is 0 Å². The smallest absolute Gasteiger partial charge is 0.0608 e. The molecule has 4 nitrogen and oxygen atoms in total. The van der Waals surface area contributed by atoms with Gasteiger partial charge in [-0.2, -0.15) is 0 Å². The van der Waals surface area contributed by atoms with E-state index in [0.717, 1.165) is 78.3 Å². The van der Waals surface area contributed by atoms with Crippen LogP contribution < -0.4 is 0 Å². The minimum Gasteiger partial charge on any atom is -0.297 e. The highest BCUT2D eigenvalue weighted by atomic mass is 15.2. The van der Waals surface area contributed by atoms with Crippen molar-refractivity contribution in [3.8, 4) is 47.4 Å². The lowest BCUT2D eigenvalue weighted by atomic mass is 10.2. The van der Waals surface area contributed by atoms with E-state index in [2.05, 4.69) is 188 Å². The fourth-order valence-electron chi connectivity index (χ4n) is 6.19. The zero-order chi connectivity index (χ0) is 37.1. The van der Waals surface area contributed by atoms with Gasteiger partial charge in [-0.25, -0.2) is 0 Å². The summed E-state index contributed by atoms with van der Waals surface area (Å²) in [5.41, 5.74) is 5.21. The van der Waals surface area contributed by atoms with E-state index < -0.39 is 0 Å². The van der Waals surface area contributed by atoms with Gasteiger partial charge in [-0.3, -0.25) is 19.6 Å². The van der Waals surface area contributed by atoms with Crippen LogP contribution in [-0.2, 0) is 26.2 Å². The monoisotopic (exact) mass is 708 g/mol. The molecule has 4 aromatic rings. The van der Waals surface area contributed by atoms with Gasteiger partial charge in [0, 0.05) is 78.3 Å². The largest absolute Gasteiger partial charge is 0.297 e. The zero-order valence-corrected chi connectivity index (χ0v) is 31.5. The Balaban J connectivity index is 1.31. The van der Waals surface area contributed by atoms with Crippen molar-refractivity contribution in [3.05, 3.63) is 168 Å². The molecule has 54 heavy (non-hydrogen) atoms. The van der Waals surface area contributed by atoms with E-state index in [4.69, 9.17) is 0 Å². The van der Waals surface area contributed by atoms with Crippen LogP contribution >= 0.6 is 0 Å². The molecule has 4 aromatic carbocycles. The maximum Gasteiger partial charge on any atom is 0.0608 e. The molecule has 5 rings (SSSR count). The SMILES string of the molecule is C1#CCCN(Cc2ccccc2)CCN(Cc2ccccc2)CCC#C/C=C/C#CCN(Cc2ccccc2)CCN(Cc2ccccc2)CC#C/C=C/1. The van der Waals surface area contributed by atoms with Crippen LogP contribution in [0.4, 0.5) is 0 Å². The van der Waals surface area contributed by atoms with E-state index in [9.17, 15) is 0 Å². The molecule has 0 unspecified atom stereocenters. The summed E-state index contributed by atoms with van der Waals surface area (Å²) in [5, 5.41) is 0. The third kappa shape index (κ3) is 16.4. The van der Waals surface area contributed by atoms with Crippen LogP contribution in [0.5, 0.6) is 0 Å². The van der Waals surface area contributed by atoms with Crippen molar-refractivity contribution in [2.45, 2.75) is 39.0 Å². The van der Waals surface area contributed by atoms with Crippen LogP contribution in [0, 0.1) is 47.4 Å². The summed E-state index contributed by atoms with van der Waals surface area (Å²) in [6.45, 7) is 10.3. The molecule has 4 heteroatoms. The van der Waals surface area contributed by atoms with Crippen molar-refractivity contribution >= 4 is 0 Å². The van der Waals surface area contributed by atoms with Gasteiger partial charge in [0.2, 0.25) is 0 Å². The van der Waals surface area contributed by atoms with Gasteiger partial charge in [0.05, 0.1) is 13.1 Å². The van der Waals surface area contributed by atoms with Crippen LogP contribution in [0.2, 0.25) is 0 Å². The molecule has 1 aliphatic heterocycles. The van der Waals surface area contributed by atoms with Gasteiger partial charge in [0.1, 0.15) is 0 Å². The quantitative estimate of drug-likeness (QED) is 0.173. The normalized spacial score (nSPS) is 17.2. The molecular weight excluding hydrogens is 657 g/mol. The number of nitrogens with zero attached hydrogens (tertiary/aromatic N) is 4. The van der Waals surface area contributed by atoms with Gasteiger partial charge in [0.25, 0.3) is 0 Å². The van der Waals surface area contributed by atoms with Crippen LogP contribution in [0.3, 0.4) is 0 Å². The minimum atomic E-state index is 0.675. The summed E-state index contributed by atoms with van der Waals surface area (Å²) >= 11 is 0. The first-order valence-electron chi connectivity index (χ1n) is 19.1. The summed E-state index contributed by atoms with van der Waals surface area (Å²) in [6, 6.07) is 42.7. The first-order valence-corrected chi connectivity index (χ1v) is 19.1. The van der Waals surface area contributed by atoms with Gasteiger partial charge < -0.3 is 0 Å². The predicted molar refractivity (Wildman–Crippen MR) is 225 cm³/mol. The van der Waals surface area contributed by atoms with Gasteiger partial charge in [-0.15, -0.1) is 0 Å². The summed E-state index contributed by atoms with van der Waals surface area (Å²) < 4.78 is 0. The molecule has 0 radical (unpaired) electrons.